The zero-order chi connectivity index (χ0) is 29.4. The molecule has 7 N–H and O–H groups in total. The smallest absolute Gasteiger partial charge is 0.197 e. The van der Waals surface area contributed by atoms with Crippen LogP contribution in [0, 0.1) is 0 Å². The summed E-state index contributed by atoms with van der Waals surface area (Å²) in [7, 11) is 0. The van der Waals surface area contributed by atoms with Gasteiger partial charge in [0.25, 0.3) is 0 Å². The lowest BCUT2D eigenvalue weighted by Crippen LogP contribution is -2.00. The quantitative estimate of drug-likeness (QED) is 0.144. The van der Waals surface area contributed by atoms with Crippen molar-refractivity contribution in [3.05, 3.63) is 99.3 Å². The lowest BCUT2D eigenvalue weighted by Gasteiger charge is -2.06. The summed E-state index contributed by atoms with van der Waals surface area (Å²) in [5, 5.41) is 66.2. The van der Waals surface area contributed by atoms with Crippen molar-refractivity contribution in [3.8, 4) is 62.9 Å². The summed E-state index contributed by atoms with van der Waals surface area (Å²) in [6.07, 6.45) is 0. The van der Waals surface area contributed by atoms with E-state index in [1.807, 2.05) is 0 Å². The number of benzene rings is 4. The summed E-state index contributed by atoms with van der Waals surface area (Å²) in [6, 6.07) is 17.1. The van der Waals surface area contributed by atoms with Gasteiger partial charge in [0, 0.05) is 47.5 Å². The molecule has 6 aromatic rings. The predicted octanol–water partition coefficient (Wildman–Crippen LogP) is 4.86. The minimum absolute atomic E-state index is 0.0163. The lowest BCUT2D eigenvalue weighted by atomic mass is 10.1. The molecule has 0 amide bonds. The minimum atomic E-state index is -0.490. The highest BCUT2D eigenvalue weighted by atomic mass is 16.3. The number of fused-ring (bicyclic) bond motifs is 2. The van der Waals surface area contributed by atoms with Crippen molar-refractivity contribution >= 4 is 21.9 Å². The predicted molar refractivity (Wildman–Crippen MR) is 147 cm³/mol. The van der Waals surface area contributed by atoms with E-state index in [0.717, 1.165) is 18.2 Å². The monoisotopic (exact) mass is 556 g/mol. The van der Waals surface area contributed by atoms with E-state index in [1.165, 1.54) is 48.5 Å². The van der Waals surface area contributed by atoms with E-state index in [2.05, 4.69) is 0 Å². The first kappa shape index (κ1) is 26.5. The van der Waals surface area contributed by atoms with Crippen LogP contribution in [0.2, 0.25) is 0 Å². The third kappa shape index (κ3) is 5.27. The van der Waals surface area contributed by atoms with Crippen molar-refractivity contribution in [3.63, 3.8) is 0 Å². The first-order valence-corrected chi connectivity index (χ1v) is 11.8. The second-order valence-electron chi connectivity index (χ2n) is 8.88. The summed E-state index contributed by atoms with van der Waals surface area (Å²) < 4.78 is 11.0. The van der Waals surface area contributed by atoms with Crippen LogP contribution in [0.5, 0.6) is 40.2 Å². The molecule has 0 unspecified atom stereocenters. The largest absolute Gasteiger partial charge is 0.508 e. The van der Waals surface area contributed by atoms with Gasteiger partial charge in [0.15, 0.2) is 22.4 Å². The highest BCUT2D eigenvalue weighted by Gasteiger charge is 2.14. The Hall–Kier alpha value is -6.10. The first-order chi connectivity index (χ1) is 19.5. The second-order valence-corrected chi connectivity index (χ2v) is 8.88. The maximum atomic E-state index is 12.0. The summed E-state index contributed by atoms with van der Waals surface area (Å²) >= 11 is 0. The summed E-state index contributed by atoms with van der Waals surface area (Å²) in [5.74, 6) is -1.27. The molecule has 11 nitrogen and oxygen atoms in total. The van der Waals surface area contributed by atoms with E-state index in [4.69, 9.17) is 8.83 Å². The van der Waals surface area contributed by atoms with E-state index in [9.17, 15) is 45.3 Å². The molecule has 0 atom stereocenters. The van der Waals surface area contributed by atoms with Gasteiger partial charge in [0.1, 0.15) is 62.2 Å². The fourth-order valence-electron chi connectivity index (χ4n) is 4.09. The van der Waals surface area contributed by atoms with Crippen molar-refractivity contribution in [1.29, 1.82) is 0 Å². The van der Waals surface area contributed by atoms with Gasteiger partial charge in [-0.05, 0) is 42.5 Å². The average molecular weight is 556 g/mol. The summed E-state index contributed by atoms with van der Waals surface area (Å²) in [5.41, 5.74) is 0.181. The molecular weight excluding hydrogens is 536 g/mol. The van der Waals surface area contributed by atoms with Gasteiger partial charge in [-0.25, -0.2) is 0 Å². The molecule has 0 aliphatic rings. The van der Waals surface area contributed by atoms with Crippen LogP contribution in [0.15, 0.2) is 97.3 Å². The number of rotatable bonds is 2. The van der Waals surface area contributed by atoms with Gasteiger partial charge >= 0.3 is 0 Å². The Labute approximate surface area is 228 Å². The molecule has 2 heterocycles. The molecule has 4 aromatic carbocycles. The van der Waals surface area contributed by atoms with Gasteiger partial charge in [-0.3, -0.25) is 9.59 Å². The summed E-state index contributed by atoms with van der Waals surface area (Å²) in [4.78, 5) is 24.1. The SMILES string of the molecule is O=c1cc(-c2ccc(O)c(O)c2)oc2cc(O)cc(O)c12.O=c1cc(-c2ccc(O)cc2)oc2cc(O)cc(O)c12. The van der Waals surface area contributed by atoms with Crippen LogP contribution < -0.4 is 10.9 Å². The van der Waals surface area contributed by atoms with E-state index >= 15 is 0 Å². The van der Waals surface area contributed by atoms with E-state index in [1.54, 1.807) is 12.1 Å². The number of phenolic OH excluding ortho intramolecular Hbond substituents is 7. The third-order valence-electron chi connectivity index (χ3n) is 6.00. The minimum Gasteiger partial charge on any atom is -0.508 e. The molecule has 0 spiro atoms. The van der Waals surface area contributed by atoms with Crippen LogP contribution in [-0.2, 0) is 0 Å². The van der Waals surface area contributed by atoms with Crippen molar-refractivity contribution in [2.75, 3.05) is 0 Å². The van der Waals surface area contributed by atoms with E-state index in [-0.39, 0.29) is 73.7 Å². The third-order valence-corrected chi connectivity index (χ3v) is 6.00. The molecule has 41 heavy (non-hydrogen) atoms. The zero-order valence-electron chi connectivity index (χ0n) is 20.8. The molecule has 0 saturated heterocycles. The molecule has 0 aliphatic carbocycles. The fourth-order valence-corrected chi connectivity index (χ4v) is 4.09. The normalized spacial score (nSPS) is 10.8. The number of aromatic hydroxyl groups is 7. The maximum Gasteiger partial charge on any atom is 0.197 e. The van der Waals surface area contributed by atoms with Gasteiger partial charge in [0.05, 0.1) is 0 Å². The Balaban J connectivity index is 0.000000165. The van der Waals surface area contributed by atoms with Crippen LogP contribution in [-0.4, -0.2) is 35.7 Å². The van der Waals surface area contributed by atoms with Crippen molar-refractivity contribution < 1.29 is 44.6 Å². The molecule has 0 bridgehead atoms. The van der Waals surface area contributed by atoms with Gasteiger partial charge in [-0.15, -0.1) is 0 Å². The highest BCUT2D eigenvalue weighted by Crippen LogP contribution is 2.34. The van der Waals surface area contributed by atoms with E-state index < -0.39 is 10.9 Å². The van der Waals surface area contributed by atoms with Crippen LogP contribution in [0.25, 0.3) is 44.6 Å². The standard InChI is InChI=1S/C15H10O6.C15H10O5/c16-8-4-11(19)15-12(20)6-13(21-14(15)5-8)7-1-2-9(17)10(18)3-7;16-9-3-1-8(2-4-9)13-7-12(19)15-11(18)5-10(17)6-14(15)20-13/h1-6,16-19H;1-7,16-18H. The maximum absolute atomic E-state index is 12.0. The molecule has 0 aliphatic heterocycles. The Morgan fingerprint density at radius 2 is 0.878 bits per heavy atom. The molecule has 6 rings (SSSR count). The first-order valence-electron chi connectivity index (χ1n) is 11.8. The molecule has 11 heteroatoms. The van der Waals surface area contributed by atoms with Gasteiger partial charge in [-0.1, -0.05) is 0 Å². The Morgan fingerprint density at radius 1 is 0.415 bits per heavy atom. The van der Waals surface area contributed by atoms with Crippen molar-refractivity contribution in [1.82, 2.24) is 0 Å². The average Bonchev–Trinajstić information content (AvgIpc) is 2.89. The van der Waals surface area contributed by atoms with E-state index in [0.29, 0.717) is 11.1 Å². The van der Waals surface area contributed by atoms with Crippen LogP contribution >= 0.6 is 0 Å². The molecular formula is C30H20O11. The molecule has 0 fully saturated rings. The summed E-state index contributed by atoms with van der Waals surface area (Å²) in [6.45, 7) is 0. The number of hydrogen-bond donors (Lipinski definition) is 7. The number of hydrogen-bond acceptors (Lipinski definition) is 11. The van der Waals surface area contributed by atoms with Gasteiger partial charge in [0.2, 0.25) is 0 Å². The van der Waals surface area contributed by atoms with Crippen LogP contribution in [0.4, 0.5) is 0 Å². The highest BCUT2D eigenvalue weighted by molar-refractivity contribution is 5.87. The molecule has 2 aromatic heterocycles. The van der Waals surface area contributed by atoms with Crippen molar-refractivity contribution in [2.45, 2.75) is 0 Å². The molecule has 206 valence electrons. The topological polar surface area (TPSA) is 202 Å². The Kier molecular flexibility index (Phi) is 6.61. The zero-order valence-corrected chi connectivity index (χ0v) is 20.8. The number of phenols is 7. The van der Waals surface area contributed by atoms with Gasteiger partial charge in [-0.2, -0.15) is 0 Å². The Bertz CT molecular complexity index is 2060. The van der Waals surface area contributed by atoms with Crippen molar-refractivity contribution in [2.24, 2.45) is 0 Å². The Morgan fingerprint density at radius 3 is 1.37 bits per heavy atom. The molecule has 0 saturated carbocycles. The fraction of sp³-hybridized carbons (Fsp3) is 0. The van der Waals surface area contributed by atoms with Gasteiger partial charge < -0.3 is 44.6 Å². The van der Waals surface area contributed by atoms with Crippen LogP contribution in [0.1, 0.15) is 0 Å². The lowest BCUT2D eigenvalue weighted by molar-refractivity contribution is 0.404. The molecule has 0 radical (unpaired) electrons. The van der Waals surface area contributed by atoms with Crippen LogP contribution in [0.3, 0.4) is 0 Å². The second kappa shape index (κ2) is 10.2.